The number of hydrogen-bond donors (Lipinski definition) is 2. The van der Waals surface area contributed by atoms with Crippen molar-refractivity contribution < 1.29 is 19.6 Å². The Morgan fingerprint density at radius 3 is 2.67 bits per heavy atom. The summed E-state index contributed by atoms with van der Waals surface area (Å²) in [6.45, 7) is 1.53. The molecule has 0 bridgehead atoms. The predicted octanol–water partition coefficient (Wildman–Crippen LogP) is 1.84. The lowest BCUT2D eigenvalue weighted by atomic mass is 10.1. The molecule has 1 amide bonds. The first-order chi connectivity index (χ1) is 9.88. The second kappa shape index (κ2) is 7.63. The molecule has 0 saturated carbocycles. The number of carbonyl (C=O) groups is 2. The smallest absolute Gasteiger partial charge is 0.326 e. The molecule has 0 saturated heterocycles. The van der Waals surface area contributed by atoms with Crippen LogP contribution in [0.25, 0.3) is 0 Å². The number of aryl methyl sites for hydroxylation is 1. The van der Waals surface area contributed by atoms with E-state index in [-0.39, 0.29) is 17.7 Å². The Morgan fingerprint density at radius 1 is 1.48 bits per heavy atom. The van der Waals surface area contributed by atoms with Crippen LogP contribution in [0.3, 0.4) is 0 Å². The normalized spacial score (nSPS) is 11.7. The fourth-order valence-corrected chi connectivity index (χ4v) is 2.29. The summed E-state index contributed by atoms with van der Waals surface area (Å²) in [5, 5.41) is 22.4. The topological polar surface area (TPSA) is 110 Å². The molecule has 8 heteroatoms. The number of carboxylic acid groups (broad SMARTS) is 1. The molecular weight excluding hydrogens is 296 g/mol. The Hall–Kier alpha value is -2.09. The van der Waals surface area contributed by atoms with Crippen LogP contribution in [0.1, 0.15) is 22.3 Å². The Morgan fingerprint density at radius 2 is 2.14 bits per heavy atom. The highest BCUT2D eigenvalue weighted by Crippen LogP contribution is 2.23. The maximum Gasteiger partial charge on any atom is 0.326 e. The van der Waals surface area contributed by atoms with E-state index < -0.39 is 22.8 Å². The van der Waals surface area contributed by atoms with Gasteiger partial charge in [-0.25, -0.2) is 4.79 Å². The number of nitrogens with one attached hydrogen (secondary N) is 1. The van der Waals surface area contributed by atoms with Gasteiger partial charge < -0.3 is 10.4 Å². The van der Waals surface area contributed by atoms with Gasteiger partial charge in [0.25, 0.3) is 11.6 Å². The maximum absolute atomic E-state index is 12.1. The molecule has 0 unspecified atom stereocenters. The Kier molecular flexibility index (Phi) is 6.16. The van der Waals surface area contributed by atoms with Gasteiger partial charge in [0.05, 0.1) is 4.92 Å². The molecule has 21 heavy (non-hydrogen) atoms. The third kappa shape index (κ3) is 4.45. The number of nitrogens with zero attached hydrogens (tertiary/aromatic N) is 1. The van der Waals surface area contributed by atoms with Crippen LogP contribution in [-0.2, 0) is 4.79 Å². The zero-order valence-corrected chi connectivity index (χ0v) is 12.5. The molecule has 7 nitrogen and oxygen atoms in total. The summed E-state index contributed by atoms with van der Waals surface area (Å²) < 4.78 is 0. The molecule has 1 rings (SSSR count). The molecule has 0 radical (unpaired) electrons. The molecule has 114 valence electrons. The van der Waals surface area contributed by atoms with Crippen molar-refractivity contribution in [3.8, 4) is 0 Å². The minimum absolute atomic E-state index is 0.129. The predicted molar refractivity (Wildman–Crippen MR) is 79.7 cm³/mol. The van der Waals surface area contributed by atoms with Crippen molar-refractivity contribution >= 4 is 29.3 Å². The standard InChI is InChI=1S/C13H16N2O5S/c1-8-4-3-5-9(11(8)15(19)20)12(16)14-10(13(17)18)6-7-21-2/h3-5,10H,6-7H2,1-2H3,(H,14,16)(H,17,18)/t10-/m0/s1. The van der Waals surface area contributed by atoms with Crippen molar-refractivity contribution in [3.05, 3.63) is 39.4 Å². The van der Waals surface area contributed by atoms with E-state index in [4.69, 9.17) is 5.11 Å². The summed E-state index contributed by atoms with van der Waals surface area (Å²) in [5.74, 6) is -1.35. The first-order valence-corrected chi connectivity index (χ1v) is 7.54. The number of nitro groups is 1. The lowest BCUT2D eigenvalue weighted by Gasteiger charge is -2.14. The summed E-state index contributed by atoms with van der Waals surface area (Å²) in [7, 11) is 0. The average molecular weight is 312 g/mol. The van der Waals surface area contributed by atoms with Crippen molar-refractivity contribution in [2.45, 2.75) is 19.4 Å². The van der Waals surface area contributed by atoms with Gasteiger partial charge in [-0.3, -0.25) is 14.9 Å². The fraction of sp³-hybridized carbons (Fsp3) is 0.385. The van der Waals surface area contributed by atoms with E-state index in [1.807, 2.05) is 6.26 Å². The van der Waals surface area contributed by atoms with Gasteiger partial charge in [-0.2, -0.15) is 11.8 Å². The second-order valence-electron chi connectivity index (χ2n) is 4.37. The van der Waals surface area contributed by atoms with Crippen LogP contribution < -0.4 is 5.32 Å². The maximum atomic E-state index is 12.1. The number of para-hydroxylation sites is 1. The Bertz CT molecular complexity index is 561. The van der Waals surface area contributed by atoms with E-state index in [1.165, 1.54) is 36.9 Å². The highest BCUT2D eigenvalue weighted by Gasteiger charge is 2.26. The molecule has 0 aliphatic heterocycles. The van der Waals surface area contributed by atoms with Crippen molar-refractivity contribution in [3.63, 3.8) is 0 Å². The molecule has 0 fully saturated rings. The third-order valence-electron chi connectivity index (χ3n) is 2.88. The Labute approximate surface area is 125 Å². The van der Waals surface area contributed by atoms with Crippen LogP contribution in [0, 0.1) is 17.0 Å². The van der Waals surface area contributed by atoms with E-state index >= 15 is 0 Å². The van der Waals surface area contributed by atoms with E-state index in [1.54, 1.807) is 0 Å². The van der Waals surface area contributed by atoms with Crippen LogP contribution in [0.15, 0.2) is 18.2 Å². The van der Waals surface area contributed by atoms with Gasteiger partial charge in [-0.1, -0.05) is 12.1 Å². The average Bonchev–Trinajstić information content (AvgIpc) is 2.42. The largest absolute Gasteiger partial charge is 0.480 e. The quantitative estimate of drug-likeness (QED) is 0.587. The van der Waals surface area contributed by atoms with Crippen molar-refractivity contribution in [2.75, 3.05) is 12.0 Å². The number of thioether (sulfide) groups is 1. The van der Waals surface area contributed by atoms with Gasteiger partial charge in [0, 0.05) is 5.56 Å². The molecule has 0 aliphatic carbocycles. The van der Waals surface area contributed by atoms with Crippen molar-refractivity contribution in [2.24, 2.45) is 0 Å². The molecule has 1 atom stereocenters. The molecule has 0 aromatic heterocycles. The fourth-order valence-electron chi connectivity index (χ4n) is 1.81. The van der Waals surface area contributed by atoms with Gasteiger partial charge >= 0.3 is 5.97 Å². The minimum atomic E-state index is -1.16. The number of nitro benzene ring substituents is 1. The summed E-state index contributed by atoms with van der Waals surface area (Å²) >= 11 is 1.46. The number of rotatable bonds is 7. The van der Waals surface area contributed by atoms with Gasteiger partial charge in [0.15, 0.2) is 0 Å². The van der Waals surface area contributed by atoms with Crippen LogP contribution in [0.4, 0.5) is 5.69 Å². The molecule has 0 spiro atoms. The van der Waals surface area contributed by atoms with Gasteiger partial charge in [-0.15, -0.1) is 0 Å². The van der Waals surface area contributed by atoms with E-state index in [2.05, 4.69) is 5.32 Å². The summed E-state index contributed by atoms with van der Waals surface area (Å²) in [6, 6.07) is 3.30. The number of hydrogen-bond acceptors (Lipinski definition) is 5. The first kappa shape index (κ1) is 17.0. The van der Waals surface area contributed by atoms with Gasteiger partial charge in [0.1, 0.15) is 11.6 Å². The second-order valence-corrected chi connectivity index (χ2v) is 5.36. The molecule has 2 N–H and O–H groups in total. The van der Waals surface area contributed by atoms with Gasteiger partial charge in [0.2, 0.25) is 0 Å². The number of benzene rings is 1. The van der Waals surface area contributed by atoms with E-state index in [0.29, 0.717) is 11.3 Å². The highest BCUT2D eigenvalue weighted by atomic mass is 32.2. The molecule has 0 aliphatic rings. The highest BCUT2D eigenvalue weighted by molar-refractivity contribution is 7.98. The summed E-state index contributed by atoms with van der Waals surface area (Å²) in [6.07, 6.45) is 2.08. The molecule has 1 aromatic rings. The van der Waals surface area contributed by atoms with E-state index in [9.17, 15) is 19.7 Å². The van der Waals surface area contributed by atoms with E-state index in [0.717, 1.165) is 0 Å². The number of carboxylic acids is 1. The Balaban J connectivity index is 3.00. The lowest BCUT2D eigenvalue weighted by Crippen LogP contribution is -2.41. The molecule has 1 aromatic carbocycles. The third-order valence-corrected chi connectivity index (χ3v) is 3.52. The van der Waals surface area contributed by atoms with Crippen LogP contribution in [-0.4, -0.2) is 40.0 Å². The number of aliphatic carboxylic acids is 1. The molecule has 0 heterocycles. The SMILES string of the molecule is CSCC[C@H](NC(=O)c1cccc(C)c1[N+](=O)[O-])C(=O)O. The lowest BCUT2D eigenvalue weighted by molar-refractivity contribution is -0.385. The summed E-state index contributed by atoms with van der Waals surface area (Å²) in [5.41, 5.74) is -0.0805. The van der Waals surface area contributed by atoms with Gasteiger partial charge in [-0.05, 0) is 31.4 Å². The minimum Gasteiger partial charge on any atom is -0.480 e. The first-order valence-electron chi connectivity index (χ1n) is 6.15. The van der Waals surface area contributed by atoms with Crippen molar-refractivity contribution in [1.29, 1.82) is 0 Å². The molecular formula is C13H16N2O5S. The van der Waals surface area contributed by atoms with Crippen LogP contribution in [0.5, 0.6) is 0 Å². The zero-order chi connectivity index (χ0) is 16.0. The summed E-state index contributed by atoms with van der Waals surface area (Å²) in [4.78, 5) is 33.6. The van der Waals surface area contributed by atoms with Crippen LogP contribution >= 0.6 is 11.8 Å². The van der Waals surface area contributed by atoms with Crippen molar-refractivity contribution in [1.82, 2.24) is 5.32 Å². The number of amides is 1. The zero-order valence-electron chi connectivity index (χ0n) is 11.7. The monoisotopic (exact) mass is 312 g/mol. The van der Waals surface area contributed by atoms with Crippen LogP contribution in [0.2, 0.25) is 0 Å². The number of carbonyl (C=O) groups excluding carboxylic acids is 1.